The number of thiazole rings is 1. The summed E-state index contributed by atoms with van der Waals surface area (Å²) in [5.41, 5.74) is 2.38. The number of benzene rings is 2. The molecule has 0 aliphatic rings. The summed E-state index contributed by atoms with van der Waals surface area (Å²) < 4.78 is 38.0. The van der Waals surface area contributed by atoms with Crippen LogP contribution in [0.1, 0.15) is 22.9 Å². The van der Waals surface area contributed by atoms with Crippen LogP contribution in [0.4, 0.5) is 10.5 Å². The van der Waals surface area contributed by atoms with Crippen LogP contribution in [0, 0.1) is 0 Å². The highest BCUT2D eigenvalue weighted by atomic mass is 35.5. The van der Waals surface area contributed by atoms with E-state index in [2.05, 4.69) is 10.6 Å². The Morgan fingerprint density at radius 2 is 1.70 bits per heavy atom. The monoisotopic (exact) mass is 620 g/mol. The number of alkyl carbamates (subject to hydrolysis) is 1. The van der Waals surface area contributed by atoms with Crippen molar-refractivity contribution in [3.05, 3.63) is 93.3 Å². The van der Waals surface area contributed by atoms with Gasteiger partial charge in [-0.2, -0.15) is 8.42 Å². The van der Waals surface area contributed by atoms with Gasteiger partial charge in [0.1, 0.15) is 11.0 Å². The predicted molar refractivity (Wildman–Crippen MR) is 156 cm³/mol. The first-order valence-electron chi connectivity index (χ1n) is 11.8. The Morgan fingerprint density at radius 3 is 2.33 bits per heavy atom. The van der Waals surface area contributed by atoms with Crippen LogP contribution in [-0.2, 0) is 32.7 Å². The number of carbonyl (C=O) groups excluding carboxylic acids is 2. The standard InChI is InChI=1S/C26H25ClN4O6S3/c1-37-26(33)30-21(14-16-5-3-2-4-6-16)24(32)28-20(13-17-7-9-18(10-8-17)31-40(34,35)36)22-15-39-25(29-22)23-19(27)11-12-38-23/h2-12,15,20-21,31H,13-14H2,1H3,(H,28,32)(H,30,33)(H,34,35,36)/t20-,21?/m0/s1. The van der Waals surface area contributed by atoms with Crippen LogP contribution in [0.3, 0.4) is 0 Å². The molecule has 2 aromatic heterocycles. The molecule has 2 atom stereocenters. The van der Waals surface area contributed by atoms with Gasteiger partial charge in [-0.15, -0.1) is 22.7 Å². The Bertz CT molecular complexity index is 1560. The summed E-state index contributed by atoms with van der Waals surface area (Å²) in [6.45, 7) is 0. The van der Waals surface area contributed by atoms with Crippen molar-refractivity contribution in [2.45, 2.75) is 24.9 Å². The zero-order valence-corrected chi connectivity index (χ0v) is 24.2. The minimum Gasteiger partial charge on any atom is -0.453 e. The summed E-state index contributed by atoms with van der Waals surface area (Å²) >= 11 is 9.16. The molecule has 0 saturated carbocycles. The van der Waals surface area contributed by atoms with Gasteiger partial charge in [0.15, 0.2) is 0 Å². The highest BCUT2D eigenvalue weighted by Crippen LogP contribution is 2.36. The Hall–Kier alpha value is -3.49. The number of carbonyl (C=O) groups is 2. The lowest BCUT2D eigenvalue weighted by molar-refractivity contribution is -0.123. The quantitative estimate of drug-likeness (QED) is 0.170. The Labute approximate surface area is 244 Å². The molecule has 4 N–H and O–H groups in total. The first-order valence-corrected chi connectivity index (χ1v) is 15.4. The van der Waals surface area contributed by atoms with Crippen LogP contribution >= 0.6 is 34.3 Å². The third-order valence-electron chi connectivity index (χ3n) is 5.72. The number of hydrogen-bond donors (Lipinski definition) is 4. The maximum Gasteiger partial charge on any atom is 0.407 e. The fourth-order valence-corrected chi connectivity index (χ4v) is 6.48. The largest absolute Gasteiger partial charge is 0.453 e. The lowest BCUT2D eigenvalue weighted by Gasteiger charge is -2.23. The van der Waals surface area contributed by atoms with Crippen molar-refractivity contribution in [2.75, 3.05) is 11.8 Å². The third-order valence-corrected chi connectivity index (χ3v) is 8.57. The number of anilines is 1. The molecule has 10 nitrogen and oxygen atoms in total. The van der Waals surface area contributed by atoms with Crippen molar-refractivity contribution in [2.24, 2.45) is 0 Å². The fourth-order valence-electron chi connectivity index (χ4n) is 3.85. The van der Waals surface area contributed by atoms with Gasteiger partial charge in [-0.25, -0.2) is 9.78 Å². The number of methoxy groups -OCH3 is 1. The van der Waals surface area contributed by atoms with Crippen LogP contribution < -0.4 is 15.4 Å². The van der Waals surface area contributed by atoms with Gasteiger partial charge in [-0.1, -0.05) is 54.1 Å². The van der Waals surface area contributed by atoms with Gasteiger partial charge < -0.3 is 15.4 Å². The van der Waals surface area contributed by atoms with Crippen LogP contribution in [0.5, 0.6) is 0 Å². The molecule has 0 spiro atoms. The minimum absolute atomic E-state index is 0.181. The first kappa shape index (κ1) is 29.5. The number of halogens is 1. The molecular formula is C26H25ClN4O6S3. The van der Waals surface area contributed by atoms with E-state index >= 15 is 0 Å². The van der Waals surface area contributed by atoms with Gasteiger partial charge in [0, 0.05) is 11.8 Å². The van der Waals surface area contributed by atoms with E-state index in [0.29, 0.717) is 22.1 Å². The number of nitrogens with one attached hydrogen (secondary N) is 3. The average Bonchev–Trinajstić information content (AvgIpc) is 3.57. The van der Waals surface area contributed by atoms with Crippen LogP contribution in [-0.4, -0.2) is 43.1 Å². The molecule has 0 radical (unpaired) electrons. The molecule has 4 rings (SSSR count). The zero-order valence-electron chi connectivity index (χ0n) is 21.0. The lowest BCUT2D eigenvalue weighted by Crippen LogP contribution is -2.49. The predicted octanol–water partition coefficient (Wildman–Crippen LogP) is 5.11. The van der Waals surface area contributed by atoms with Gasteiger partial charge in [0.2, 0.25) is 5.91 Å². The smallest absolute Gasteiger partial charge is 0.407 e. The summed E-state index contributed by atoms with van der Waals surface area (Å²) in [5, 5.41) is 10.6. The number of aromatic nitrogens is 1. The molecular weight excluding hydrogens is 596 g/mol. The van der Waals surface area contributed by atoms with Crippen molar-refractivity contribution in [3.63, 3.8) is 0 Å². The van der Waals surface area contributed by atoms with E-state index in [9.17, 15) is 18.0 Å². The van der Waals surface area contributed by atoms with Gasteiger partial charge in [-0.3, -0.25) is 14.1 Å². The van der Waals surface area contributed by atoms with Gasteiger partial charge in [-0.05, 0) is 41.1 Å². The summed E-state index contributed by atoms with van der Waals surface area (Å²) in [5.74, 6) is -0.437. The number of nitrogens with zero attached hydrogens (tertiary/aromatic N) is 1. The number of thiophene rings is 1. The topological polar surface area (TPSA) is 147 Å². The number of rotatable bonds is 11. The van der Waals surface area contributed by atoms with Gasteiger partial charge in [0.05, 0.1) is 34.4 Å². The first-order chi connectivity index (χ1) is 19.1. The molecule has 0 aliphatic carbocycles. The molecule has 2 amide bonds. The molecule has 0 saturated heterocycles. The van der Waals surface area contributed by atoms with Crippen molar-refractivity contribution >= 4 is 62.3 Å². The molecule has 4 aromatic rings. The van der Waals surface area contributed by atoms with Crippen molar-refractivity contribution in [1.29, 1.82) is 0 Å². The van der Waals surface area contributed by atoms with Crippen molar-refractivity contribution < 1.29 is 27.3 Å². The summed E-state index contributed by atoms with van der Waals surface area (Å²) in [6, 6.07) is 15.9. The molecule has 2 heterocycles. The minimum atomic E-state index is -4.41. The number of ether oxygens (including phenoxy) is 1. The summed E-state index contributed by atoms with van der Waals surface area (Å²) in [4.78, 5) is 31.2. The van der Waals surface area contributed by atoms with E-state index in [4.69, 9.17) is 25.9 Å². The Balaban J connectivity index is 1.61. The zero-order chi connectivity index (χ0) is 28.7. The second-order valence-electron chi connectivity index (χ2n) is 8.59. The molecule has 40 heavy (non-hydrogen) atoms. The fraction of sp³-hybridized carbons (Fsp3) is 0.192. The van der Waals surface area contributed by atoms with Crippen LogP contribution in [0.15, 0.2) is 71.4 Å². The second kappa shape index (κ2) is 13.2. The van der Waals surface area contributed by atoms with E-state index in [0.717, 1.165) is 16.0 Å². The van der Waals surface area contributed by atoms with Gasteiger partial charge >= 0.3 is 16.4 Å². The molecule has 0 bridgehead atoms. The maximum absolute atomic E-state index is 13.5. The summed E-state index contributed by atoms with van der Waals surface area (Å²) in [6.07, 6.45) is -0.203. The molecule has 0 aliphatic heterocycles. The number of hydrogen-bond acceptors (Lipinski definition) is 8. The molecule has 210 valence electrons. The highest BCUT2D eigenvalue weighted by Gasteiger charge is 2.27. The van der Waals surface area contributed by atoms with E-state index in [1.54, 1.807) is 18.2 Å². The molecule has 0 fully saturated rings. The molecule has 14 heteroatoms. The van der Waals surface area contributed by atoms with Crippen LogP contribution in [0.2, 0.25) is 5.02 Å². The molecule has 1 unspecified atom stereocenters. The van der Waals surface area contributed by atoms with Gasteiger partial charge in [0.25, 0.3) is 0 Å². The molecule has 2 aromatic carbocycles. The summed E-state index contributed by atoms with van der Waals surface area (Å²) in [7, 11) is -3.19. The Kier molecular flexibility index (Phi) is 9.76. The van der Waals surface area contributed by atoms with E-state index in [1.807, 2.05) is 45.8 Å². The van der Waals surface area contributed by atoms with Crippen molar-refractivity contribution in [3.8, 4) is 9.88 Å². The van der Waals surface area contributed by atoms with Crippen molar-refractivity contribution in [1.82, 2.24) is 15.6 Å². The maximum atomic E-state index is 13.5. The normalized spacial score (nSPS) is 12.8. The lowest BCUT2D eigenvalue weighted by atomic mass is 10.0. The SMILES string of the molecule is COC(=O)NC(Cc1ccccc1)C(=O)N[C@@H](Cc1ccc(NS(=O)(=O)O)cc1)c1csc(-c2sccc2Cl)n1. The van der Waals surface area contributed by atoms with E-state index in [1.165, 1.54) is 41.9 Å². The van der Waals surface area contributed by atoms with E-state index in [-0.39, 0.29) is 12.1 Å². The highest BCUT2D eigenvalue weighted by molar-refractivity contribution is 7.87. The number of amides is 2. The Morgan fingerprint density at radius 1 is 1.00 bits per heavy atom. The second-order valence-corrected chi connectivity index (χ2v) is 11.9. The van der Waals surface area contributed by atoms with Crippen LogP contribution in [0.25, 0.3) is 9.88 Å². The average molecular weight is 621 g/mol. The van der Waals surface area contributed by atoms with E-state index < -0.39 is 34.4 Å². The third kappa shape index (κ3) is 8.26.